The van der Waals surface area contributed by atoms with Gasteiger partial charge in [-0.2, -0.15) is 0 Å². The Bertz CT molecular complexity index is 794. The van der Waals surface area contributed by atoms with E-state index >= 15 is 0 Å². The van der Waals surface area contributed by atoms with Crippen LogP contribution in [0.25, 0.3) is 10.1 Å². The fraction of sp³-hybridized carbons (Fsp3) is 0.167. The maximum Gasteiger partial charge on any atom is 0.178 e. The van der Waals surface area contributed by atoms with E-state index in [2.05, 4.69) is 17.5 Å². The number of thiophene rings is 1. The molecule has 0 fully saturated rings. The Balaban J connectivity index is 1.55. The summed E-state index contributed by atoms with van der Waals surface area (Å²) < 4.78 is 7.02. The van der Waals surface area contributed by atoms with Gasteiger partial charge in [0.25, 0.3) is 0 Å². The minimum atomic E-state index is -0.332. The molecule has 2 heterocycles. The average molecular weight is 294 g/mol. The lowest BCUT2D eigenvalue weighted by Crippen LogP contribution is -2.26. The zero-order valence-corrected chi connectivity index (χ0v) is 12.2. The number of carbonyl (C=O) groups is 1. The number of carbonyl (C=O) groups excluding carboxylic acids is 1. The van der Waals surface area contributed by atoms with Crippen molar-refractivity contribution < 1.29 is 9.53 Å². The van der Waals surface area contributed by atoms with Gasteiger partial charge >= 0.3 is 0 Å². The Labute approximate surface area is 127 Å². The predicted molar refractivity (Wildman–Crippen MR) is 85.1 cm³/mol. The molecule has 104 valence electrons. The van der Waals surface area contributed by atoms with Gasteiger partial charge in [-0.1, -0.05) is 36.4 Å². The number of ketones is 1. The molecule has 1 atom stereocenters. The van der Waals surface area contributed by atoms with E-state index in [4.69, 9.17) is 4.74 Å². The highest BCUT2D eigenvalue weighted by atomic mass is 32.1. The molecule has 21 heavy (non-hydrogen) atoms. The molecule has 0 bridgehead atoms. The monoisotopic (exact) mass is 294 g/mol. The van der Waals surface area contributed by atoms with Crippen molar-refractivity contribution in [2.75, 3.05) is 0 Å². The molecule has 0 spiro atoms. The van der Waals surface area contributed by atoms with Crippen LogP contribution >= 0.6 is 11.3 Å². The summed E-state index contributed by atoms with van der Waals surface area (Å²) in [5, 5.41) is 3.27. The van der Waals surface area contributed by atoms with Gasteiger partial charge in [0.2, 0.25) is 0 Å². The van der Waals surface area contributed by atoms with Crippen molar-refractivity contribution in [1.29, 1.82) is 0 Å². The molecule has 0 saturated carbocycles. The fourth-order valence-corrected chi connectivity index (χ4v) is 3.80. The van der Waals surface area contributed by atoms with E-state index in [-0.39, 0.29) is 11.9 Å². The molecule has 0 amide bonds. The van der Waals surface area contributed by atoms with Crippen LogP contribution in [0.3, 0.4) is 0 Å². The Kier molecular flexibility index (Phi) is 3.00. The van der Waals surface area contributed by atoms with Crippen molar-refractivity contribution in [2.45, 2.75) is 18.9 Å². The number of ether oxygens (including phenoxy) is 1. The van der Waals surface area contributed by atoms with E-state index in [1.807, 2.05) is 36.4 Å². The topological polar surface area (TPSA) is 26.3 Å². The Morgan fingerprint density at radius 2 is 1.95 bits per heavy atom. The summed E-state index contributed by atoms with van der Waals surface area (Å²) in [6.07, 6.45) is 0.806. The van der Waals surface area contributed by atoms with Gasteiger partial charge in [-0.25, -0.2) is 0 Å². The molecule has 4 rings (SSSR count). The van der Waals surface area contributed by atoms with E-state index in [1.54, 1.807) is 11.3 Å². The first kappa shape index (κ1) is 12.6. The van der Waals surface area contributed by atoms with E-state index in [0.717, 1.165) is 16.9 Å². The number of para-hydroxylation sites is 1. The number of hydrogen-bond donors (Lipinski definition) is 0. The third-order valence-electron chi connectivity index (χ3n) is 3.93. The first-order valence-electron chi connectivity index (χ1n) is 7.03. The first-order valence-corrected chi connectivity index (χ1v) is 7.91. The molecule has 2 nitrogen and oxygen atoms in total. The predicted octanol–water partition coefficient (Wildman–Crippen LogP) is 4.02. The van der Waals surface area contributed by atoms with E-state index in [1.165, 1.54) is 10.1 Å². The Morgan fingerprint density at radius 1 is 1.14 bits per heavy atom. The highest BCUT2D eigenvalue weighted by Gasteiger charge is 2.28. The molecule has 1 aromatic heterocycles. The van der Waals surface area contributed by atoms with Gasteiger partial charge in [-0.15, -0.1) is 11.3 Å². The number of benzene rings is 2. The van der Waals surface area contributed by atoms with Gasteiger partial charge in [0, 0.05) is 17.5 Å². The maximum absolute atomic E-state index is 12.5. The lowest BCUT2D eigenvalue weighted by Gasteiger charge is -2.09. The summed E-state index contributed by atoms with van der Waals surface area (Å²) in [6, 6.07) is 16.1. The number of rotatable bonds is 3. The molecule has 1 aliphatic rings. The second kappa shape index (κ2) is 5.01. The van der Waals surface area contributed by atoms with Gasteiger partial charge in [0.15, 0.2) is 11.9 Å². The van der Waals surface area contributed by atoms with Gasteiger partial charge in [-0.05, 0) is 34.0 Å². The molecule has 0 aliphatic carbocycles. The molecule has 1 unspecified atom stereocenters. The maximum atomic E-state index is 12.5. The van der Waals surface area contributed by atoms with Crippen molar-refractivity contribution in [3.05, 3.63) is 65.0 Å². The summed E-state index contributed by atoms with van der Waals surface area (Å²) in [5.41, 5.74) is 2.24. The zero-order valence-electron chi connectivity index (χ0n) is 11.4. The zero-order chi connectivity index (χ0) is 14.2. The van der Waals surface area contributed by atoms with Crippen LogP contribution in [-0.4, -0.2) is 11.9 Å². The first-order chi connectivity index (χ1) is 10.3. The van der Waals surface area contributed by atoms with Crippen LogP contribution in [-0.2, 0) is 17.6 Å². The largest absolute Gasteiger partial charge is 0.482 e. The highest BCUT2D eigenvalue weighted by Crippen LogP contribution is 2.30. The second-order valence-electron chi connectivity index (χ2n) is 5.32. The van der Waals surface area contributed by atoms with E-state index < -0.39 is 0 Å². The molecule has 2 aromatic carbocycles. The van der Waals surface area contributed by atoms with E-state index in [0.29, 0.717) is 12.8 Å². The molecule has 3 heteroatoms. The quantitative estimate of drug-likeness (QED) is 0.729. The molecular weight excluding hydrogens is 280 g/mol. The third kappa shape index (κ3) is 2.24. The van der Waals surface area contributed by atoms with Crippen molar-refractivity contribution in [3.63, 3.8) is 0 Å². The van der Waals surface area contributed by atoms with Crippen LogP contribution in [0.4, 0.5) is 0 Å². The minimum Gasteiger partial charge on any atom is -0.482 e. The summed E-state index contributed by atoms with van der Waals surface area (Å²) in [7, 11) is 0. The van der Waals surface area contributed by atoms with Crippen LogP contribution in [0, 0.1) is 0 Å². The van der Waals surface area contributed by atoms with Crippen LogP contribution in [0.15, 0.2) is 53.9 Å². The SMILES string of the molecule is O=C(Cc1csc2ccccc12)C1Cc2ccccc2O1. The normalized spacial score (nSPS) is 16.7. The van der Waals surface area contributed by atoms with Crippen LogP contribution in [0.2, 0.25) is 0 Å². The number of fused-ring (bicyclic) bond motifs is 2. The molecular formula is C18H14O2S. The third-order valence-corrected chi connectivity index (χ3v) is 4.94. The second-order valence-corrected chi connectivity index (χ2v) is 6.23. The summed E-state index contributed by atoms with van der Waals surface area (Å²) in [5.74, 6) is 1.01. The lowest BCUT2D eigenvalue weighted by molar-refractivity contribution is -0.124. The molecule has 0 N–H and O–H groups in total. The van der Waals surface area contributed by atoms with Crippen molar-refractivity contribution in [3.8, 4) is 5.75 Å². The fourth-order valence-electron chi connectivity index (χ4n) is 2.83. The molecule has 0 saturated heterocycles. The molecule has 3 aromatic rings. The average Bonchev–Trinajstić information content (AvgIpc) is 3.11. The Morgan fingerprint density at radius 3 is 2.86 bits per heavy atom. The molecule has 1 aliphatic heterocycles. The minimum absolute atomic E-state index is 0.162. The van der Waals surface area contributed by atoms with E-state index in [9.17, 15) is 4.79 Å². The summed E-state index contributed by atoms with van der Waals surface area (Å²) in [4.78, 5) is 12.5. The van der Waals surface area contributed by atoms with Gasteiger partial charge in [-0.3, -0.25) is 4.79 Å². The summed E-state index contributed by atoms with van der Waals surface area (Å²) in [6.45, 7) is 0. The number of Topliss-reactive ketones (excluding diaryl/α,β-unsaturated/α-hetero) is 1. The standard InChI is InChI=1S/C18H14O2S/c19-15(17-10-12-5-1-3-7-16(12)20-17)9-13-11-21-18-8-4-2-6-14(13)18/h1-8,11,17H,9-10H2. The smallest absolute Gasteiger partial charge is 0.178 e. The van der Waals surface area contributed by atoms with Gasteiger partial charge in [0.1, 0.15) is 5.75 Å². The van der Waals surface area contributed by atoms with Crippen LogP contribution < -0.4 is 4.74 Å². The van der Waals surface area contributed by atoms with Crippen molar-refractivity contribution in [2.24, 2.45) is 0 Å². The van der Waals surface area contributed by atoms with Crippen molar-refractivity contribution in [1.82, 2.24) is 0 Å². The van der Waals surface area contributed by atoms with Crippen LogP contribution in [0.1, 0.15) is 11.1 Å². The van der Waals surface area contributed by atoms with Gasteiger partial charge < -0.3 is 4.74 Å². The highest BCUT2D eigenvalue weighted by molar-refractivity contribution is 7.17. The lowest BCUT2D eigenvalue weighted by atomic mass is 10.0. The van der Waals surface area contributed by atoms with Crippen LogP contribution in [0.5, 0.6) is 5.75 Å². The number of hydrogen-bond acceptors (Lipinski definition) is 3. The summed E-state index contributed by atoms with van der Waals surface area (Å²) >= 11 is 1.69. The van der Waals surface area contributed by atoms with Crippen molar-refractivity contribution >= 4 is 27.2 Å². The molecule has 0 radical (unpaired) electrons. The van der Waals surface area contributed by atoms with Gasteiger partial charge in [0.05, 0.1) is 0 Å². The Hall–Kier alpha value is -2.13.